The van der Waals surface area contributed by atoms with E-state index in [-0.39, 0.29) is 0 Å². The predicted molar refractivity (Wildman–Crippen MR) is 102 cm³/mol. The van der Waals surface area contributed by atoms with Gasteiger partial charge in [0, 0.05) is 32.6 Å². The van der Waals surface area contributed by atoms with Crippen LogP contribution in [0.5, 0.6) is 0 Å². The van der Waals surface area contributed by atoms with Gasteiger partial charge >= 0.3 is 0 Å². The molecule has 1 aromatic carbocycles. The van der Waals surface area contributed by atoms with E-state index in [0.717, 1.165) is 70.9 Å². The van der Waals surface area contributed by atoms with E-state index in [1.54, 1.807) is 0 Å². The Morgan fingerprint density at radius 1 is 1.16 bits per heavy atom. The van der Waals surface area contributed by atoms with E-state index in [9.17, 15) is 4.79 Å². The zero-order valence-electron chi connectivity index (χ0n) is 15.6. The number of amides is 1. The molecule has 0 aromatic heterocycles. The van der Waals surface area contributed by atoms with Crippen LogP contribution in [-0.2, 0) is 11.3 Å². The molecule has 2 aliphatic heterocycles. The summed E-state index contributed by atoms with van der Waals surface area (Å²) in [4.78, 5) is 16.9. The Morgan fingerprint density at radius 3 is 2.60 bits per heavy atom. The lowest BCUT2D eigenvalue weighted by Crippen LogP contribution is -2.41. The van der Waals surface area contributed by atoms with Crippen LogP contribution in [0.25, 0.3) is 0 Å². The minimum Gasteiger partial charge on any atom is -0.343 e. The van der Waals surface area contributed by atoms with E-state index in [2.05, 4.69) is 52.5 Å². The molecule has 1 amide bonds. The quantitative estimate of drug-likeness (QED) is 0.827. The van der Waals surface area contributed by atoms with E-state index in [1.165, 1.54) is 12.0 Å². The average Bonchev–Trinajstić information content (AvgIpc) is 3.14. The van der Waals surface area contributed by atoms with Gasteiger partial charge in [-0.3, -0.25) is 4.79 Å². The monoisotopic (exact) mass is 343 g/mol. The lowest BCUT2D eigenvalue weighted by molar-refractivity contribution is -0.132. The van der Waals surface area contributed by atoms with Crippen molar-refractivity contribution in [3.05, 3.63) is 35.9 Å². The van der Waals surface area contributed by atoms with Gasteiger partial charge in [0.15, 0.2) is 0 Å². The van der Waals surface area contributed by atoms with Crippen LogP contribution in [0.4, 0.5) is 0 Å². The lowest BCUT2D eigenvalue weighted by Gasteiger charge is -2.34. The van der Waals surface area contributed by atoms with Gasteiger partial charge in [-0.15, -0.1) is 0 Å². The third-order valence-corrected chi connectivity index (χ3v) is 5.76. The van der Waals surface area contributed by atoms with Gasteiger partial charge in [0.05, 0.1) is 0 Å². The first-order valence-corrected chi connectivity index (χ1v) is 9.91. The molecule has 4 heteroatoms. The Balaban J connectivity index is 1.34. The maximum Gasteiger partial charge on any atom is 0.222 e. The number of nitrogens with one attached hydrogen (secondary N) is 1. The molecule has 0 radical (unpaired) electrons. The molecule has 138 valence electrons. The van der Waals surface area contributed by atoms with Crippen LogP contribution >= 0.6 is 0 Å². The van der Waals surface area contributed by atoms with Crippen molar-refractivity contribution >= 4 is 5.91 Å². The highest BCUT2D eigenvalue weighted by Crippen LogP contribution is 2.21. The molecule has 0 saturated carbocycles. The zero-order chi connectivity index (χ0) is 17.5. The molecule has 25 heavy (non-hydrogen) atoms. The number of hydrogen-bond donors (Lipinski definition) is 1. The van der Waals surface area contributed by atoms with Crippen molar-refractivity contribution in [2.45, 2.75) is 38.6 Å². The van der Waals surface area contributed by atoms with Crippen molar-refractivity contribution in [2.75, 3.05) is 39.8 Å². The Morgan fingerprint density at radius 2 is 1.92 bits per heavy atom. The van der Waals surface area contributed by atoms with Crippen LogP contribution in [0.2, 0.25) is 0 Å². The van der Waals surface area contributed by atoms with Crippen LogP contribution in [0.1, 0.15) is 37.7 Å². The minimum atomic E-state index is 0.378. The molecule has 0 bridgehead atoms. The highest BCUT2D eigenvalue weighted by Gasteiger charge is 2.24. The smallest absolute Gasteiger partial charge is 0.222 e. The number of rotatable bonds is 7. The highest BCUT2D eigenvalue weighted by atomic mass is 16.2. The molecule has 1 atom stereocenters. The van der Waals surface area contributed by atoms with E-state index in [0.29, 0.717) is 11.8 Å². The molecular weight excluding hydrogens is 310 g/mol. The topological polar surface area (TPSA) is 35.6 Å². The van der Waals surface area contributed by atoms with Crippen LogP contribution in [-0.4, -0.2) is 55.5 Å². The molecule has 1 unspecified atom stereocenters. The Labute approximate surface area is 152 Å². The van der Waals surface area contributed by atoms with Crippen molar-refractivity contribution in [1.82, 2.24) is 15.1 Å². The number of piperidine rings is 1. The average molecular weight is 344 g/mol. The molecule has 2 fully saturated rings. The predicted octanol–water partition coefficient (Wildman–Crippen LogP) is 2.75. The van der Waals surface area contributed by atoms with Gasteiger partial charge in [-0.25, -0.2) is 0 Å². The number of likely N-dealkylation sites (tertiary alicyclic amines) is 1. The van der Waals surface area contributed by atoms with Crippen LogP contribution in [0.15, 0.2) is 30.3 Å². The highest BCUT2D eigenvalue weighted by molar-refractivity contribution is 5.76. The molecule has 3 rings (SSSR count). The van der Waals surface area contributed by atoms with E-state index >= 15 is 0 Å². The fourth-order valence-electron chi connectivity index (χ4n) is 4.21. The first-order valence-electron chi connectivity index (χ1n) is 9.91. The summed E-state index contributed by atoms with van der Waals surface area (Å²) in [6.45, 7) is 6.26. The molecule has 2 heterocycles. The maximum atomic E-state index is 12.4. The van der Waals surface area contributed by atoms with E-state index < -0.39 is 0 Å². The van der Waals surface area contributed by atoms with Crippen molar-refractivity contribution < 1.29 is 4.79 Å². The fraction of sp³-hybridized carbons (Fsp3) is 0.667. The Kier molecular flexibility index (Phi) is 6.88. The van der Waals surface area contributed by atoms with Gasteiger partial charge in [-0.1, -0.05) is 30.3 Å². The van der Waals surface area contributed by atoms with E-state index in [4.69, 9.17) is 0 Å². The van der Waals surface area contributed by atoms with Crippen LogP contribution < -0.4 is 5.32 Å². The minimum absolute atomic E-state index is 0.378. The third kappa shape index (κ3) is 5.82. The summed E-state index contributed by atoms with van der Waals surface area (Å²) in [7, 11) is 2.21. The number of carbonyl (C=O) groups is 1. The molecule has 1 N–H and O–H groups in total. The summed E-state index contributed by atoms with van der Waals surface area (Å²) >= 11 is 0. The van der Waals surface area contributed by atoms with Gasteiger partial charge in [-0.05, 0) is 63.2 Å². The molecule has 4 nitrogen and oxygen atoms in total. The molecule has 0 aliphatic carbocycles. The number of benzene rings is 1. The normalized spacial score (nSPS) is 21.8. The summed E-state index contributed by atoms with van der Waals surface area (Å²) in [5, 5.41) is 3.39. The van der Waals surface area contributed by atoms with Crippen molar-refractivity contribution in [1.29, 1.82) is 0 Å². The molecule has 2 saturated heterocycles. The van der Waals surface area contributed by atoms with Gasteiger partial charge in [-0.2, -0.15) is 0 Å². The molecule has 0 spiro atoms. The molecule has 1 aromatic rings. The first kappa shape index (κ1) is 18.4. The van der Waals surface area contributed by atoms with Crippen molar-refractivity contribution in [2.24, 2.45) is 11.8 Å². The van der Waals surface area contributed by atoms with Crippen LogP contribution in [0, 0.1) is 11.8 Å². The SMILES string of the molecule is CN(Cc1ccccc1)CC1CCN(C(=O)CCC2CCNC2)CC1. The fourth-order valence-corrected chi connectivity index (χ4v) is 4.21. The number of hydrogen-bond acceptors (Lipinski definition) is 3. The van der Waals surface area contributed by atoms with Crippen molar-refractivity contribution in [3.63, 3.8) is 0 Å². The number of nitrogens with zero attached hydrogens (tertiary/aromatic N) is 2. The Bertz CT molecular complexity index is 519. The summed E-state index contributed by atoms with van der Waals surface area (Å²) in [5.41, 5.74) is 1.37. The van der Waals surface area contributed by atoms with Gasteiger partial charge in [0.25, 0.3) is 0 Å². The second-order valence-electron chi connectivity index (χ2n) is 7.90. The summed E-state index contributed by atoms with van der Waals surface area (Å²) in [6.07, 6.45) is 5.34. The summed E-state index contributed by atoms with van der Waals surface area (Å²) < 4.78 is 0. The first-order chi connectivity index (χ1) is 12.2. The largest absolute Gasteiger partial charge is 0.343 e. The summed E-state index contributed by atoms with van der Waals surface area (Å²) in [5.74, 6) is 1.81. The Hall–Kier alpha value is -1.39. The molecule has 2 aliphatic rings. The molecular formula is C21H33N3O. The van der Waals surface area contributed by atoms with Crippen LogP contribution in [0.3, 0.4) is 0 Å². The second kappa shape index (κ2) is 9.35. The standard InChI is InChI=1S/C21H33N3O/c1-23(16-19-5-3-2-4-6-19)17-20-10-13-24(14-11-20)21(25)8-7-18-9-12-22-15-18/h2-6,18,20,22H,7-17H2,1H3. The third-order valence-electron chi connectivity index (χ3n) is 5.76. The van der Waals surface area contributed by atoms with Gasteiger partial charge in [0.1, 0.15) is 0 Å². The lowest BCUT2D eigenvalue weighted by atomic mass is 9.95. The zero-order valence-corrected chi connectivity index (χ0v) is 15.6. The van der Waals surface area contributed by atoms with E-state index in [1.807, 2.05) is 0 Å². The summed E-state index contributed by atoms with van der Waals surface area (Å²) in [6, 6.07) is 10.7. The van der Waals surface area contributed by atoms with Gasteiger partial charge in [0.2, 0.25) is 5.91 Å². The van der Waals surface area contributed by atoms with Gasteiger partial charge < -0.3 is 15.1 Å². The van der Waals surface area contributed by atoms with Crippen molar-refractivity contribution in [3.8, 4) is 0 Å². The maximum absolute atomic E-state index is 12.4. The number of carbonyl (C=O) groups excluding carboxylic acids is 1. The second-order valence-corrected chi connectivity index (χ2v) is 7.90.